The highest BCUT2D eigenvalue weighted by atomic mass is 16.3. The smallest absolute Gasteiger partial charge is 0.291 e. The summed E-state index contributed by atoms with van der Waals surface area (Å²) in [5.74, 6) is -0.740. The third kappa shape index (κ3) is 4.27. The van der Waals surface area contributed by atoms with E-state index in [4.69, 9.17) is 4.42 Å². The van der Waals surface area contributed by atoms with Crippen LogP contribution >= 0.6 is 0 Å². The van der Waals surface area contributed by atoms with E-state index in [2.05, 4.69) is 16.0 Å². The van der Waals surface area contributed by atoms with Gasteiger partial charge in [0.15, 0.2) is 5.76 Å². The monoisotopic (exact) mass is 377 g/mol. The third-order valence-electron chi connectivity index (χ3n) is 4.09. The molecule has 2 aromatic carbocycles. The minimum absolute atomic E-state index is 0.182. The third-order valence-corrected chi connectivity index (χ3v) is 4.09. The van der Waals surface area contributed by atoms with E-state index >= 15 is 0 Å². The highest BCUT2D eigenvalue weighted by Gasteiger charge is 2.13. The number of carbonyl (C=O) groups is 3. The highest BCUT2D eigenvalue weighted by molar-refractivity contribution is 6.07. The molecule has 142 valence electrons. The zero-order valence-corrected chi connectivity index (χ0v) is 15.4. The fourth-order valence-electron chi connectivity index (χ4n) is 2.62. The Bertz CT molecular complexity index is 1030. The van der Waals surface area contributed by atoms with Crippen molar-refractivity contribution in [2.45, 2.75) is 6.92 Å². The minimum Gasteiger partial charge on any atom is -0.459 e. The van der Waals surface area contributed by atoms with E-state index in [0.29, 0.717) is 22.5 Å². The molecule has 0 aliphatic carbocycles. The first-order valence-corrected chi connectivity index (χ1v) is 8.57. The number of anilines is 2. The number of carbonyl (C=O) groups excluding carboxylic acids is 3. The van der Waals surface area contributed by atoms with Crippen LogP contribution in [0, 0.1) is 6.92 Å². The van der Waals surface area contributed by atoms with Gasteiger partial charge in [0.05, 0.1) is 6.26 Å². The molecule has 0 atom stereocenters. The van der Waals surface area contributed by atoms with Crippen molar-refractivity contribution < 1.29 is 18.8 Å². The van der Waals surface area contributed by atoms with Crippen LogP contribution in [0.25, 0.3) is 0 Å². The Hall–Kier alpha value is -3.87. The van der Waals surface area contributed by atoms with Crippen LogP contribution in [0.15, 0.2) is 65.3 Å². The van der Waals surface area contributed by atoms with Crippen LogP contribution in [-0.2, 0) is 0 Å². The second kappa shape index (κ2) is 8.22. The molecular weight excluding hydrogens is 358 g/mol. The summed E-state index contributed by atoms with van der Waals surface area (Å²) in [7, 11) is 1.56. The molecule has 7 heteroatoms. The van der Waals surface area contributed by atoms with Crippen LogP contribution in [0.1, 0.15) is 36.8 Å². The van der Waals surface area contributed by atoms with Crippen LogP contribution < -0.4 is 16.0 Å². The topological polar surface area (TPSA) is 100 Å². The van der Waals surface area contributed by atoms with Crippen molar-refractivity contribution >= 4 is 29.1 Å². The van der Waals surface area contributed by atoms with Crippen LogP contribution in [-0.4, -0.2) is 24.8 Å². The molecule has 0 radical (unpaired) electrons. The normalized spacial score (nSPS) is 10.2. The summed E-state index contributed by atoms with van der Waals surface area (Å²) >= 11 is 0. The number of nitrogens with one attached hydrogen (secondary N) is 3. The molecule has 28 heavy (non-hydrogen) atoms. The predicted octanol–water partition coefficient (Wildman–Crippen LogP) is 3.45. The lowest BCUT2D eigenvalue weighted by Gasteiger charge is -2.11. The van der Waals surface area contributed by atoms with Crippen molar-refractivity contribution in [3.8, 4) is 0 Å². The second-order valence-corrected chi connectivity index (χ2v) is 6.08. The Morgan fingerprint density at radius 2 is 1.61 bits per heavy atom. The summed E-state index contributed by atoms with van der Waals surface area (Å²) in [5, 5.41) is 8.06. The van der Waals surface area contributed by atoms with Crippen molar-refractivity contribution in [3.05, 3.63) is 83.3 Å². The minimum atomic E-state index is -0.400. The number of hydrogen-bond acceptors (Lipinski definition) is 4. The molecule has 1 heterocycles. The molecular formula is C21H19N3O4. The zero-order chi connectivity index (χ0) is 20.1. The molecule has 0 bridgehead atoms. The van der Waals surface area contributed by atoms with Gasteiger partial charge in [0, 0.05) is 29.5 Å². The quantitative estimate of drug-likeness (QED) is 0.634. The number of furan rings is 1. The standard InChI is InChI=1S/C21H19N3O4/c1-13-11-15(19(25)22-2)8-9-17(13)24-20(26)14-5-3-6-16(12-14)23-21(27)18-7-4-10-28-18/h3-12H,1-2H3,(H,22,25)(H,23,27)(H,24,26). The summed E-state index contributed by atoms with van der Waals surface area (Å²) in [6.45, 7) is 1.81. The van der Waals surface area contributed by atoms with Crippen molar-refractivity contribution in [1.82, 2.24) is 5.32 Å². The Morgan fingerprint density at radius 3 is 2.29 bits per heavy atom. The molecule has 0 saturated carbocycles. The maximum Gasteiger partial charge on any atom is 0.291 e. The molecule has 0 aliphatic heterocycles. The fourth-order valence-corrected chi connectivity index (χ4v) is 2.62. The molecule has 0 spiro atoms. The molecule has 7 nitrogen and oxygen atoms in total. The van der Waals surface area contributed by atoms with E-state index in [1.165, 1.54) is 6.26 Å². The van der Waals surface area contributed by atoms with Crippen LogP contribution in [0.4, 0.5) is 11.4 Å². The van der Waals surface area contributed by atoms with E-state index in [1.54, 1.807) is 61.6 Å². The molecule has 0 aliphatic rings. The first kappa shape index (κ1) is 18.9. The van der Waals surface area contributed by atoms with Crippen molar-refractivity contribution in [3.63, 3.8) is 0 Å². The molecule has 0 unspecified atom stereocenters. The molecule has 3 aromatic rings. The molecule has 0 fully saturated rings. The van der Waals surface area contributed by atoms with Crippen molar-refractivity contribution in [1.29, 1.82) is 0 Å². The van der Waals surface area contributed by atoms with E-state index in [0.717, 1.165) is 5.56 Å². The van der Waals surface area contributed by atoms with E-state index in [-0.39, 0.29) is 17.6 Å². The number of aryl methyl sites for hydroxylation is 1. The Morgan fingerprint density at radius 1 is 0.821 bits per heavy atom. The molecule has 3 rings (SSSR count). The Balaban J connectivity index is 1.73. The largest absolute Gasteiger partial charge is 0.459 e. The first-order valence-electron chi connectivity index (χ1n) is 8.57. The lowest BCUT2D eigenvalue weighted by atomic mass is 10.1. The van der Waals surface area contributed by atoms with Crippen LogP contribution in [0.5, 0.6) is 0 Å². The van der Waals surface area contributed by atoms with Gasteiger partial charge in [-0.2, -0.15) is 0 Å². The fraction of sp³-hybridized carbons (Fsp3) is 0.0952. The SMILES string of the molecule is CNC(=O)c1ccc(NC(=O)c2cccc(NC(=O)c3ccco3)c2)c(C)c1. The molecule has 3 amide bonds. The average Bonchev–Trinajstić information content (AvgIpc) is 3.24. The number of rotatable bonds is 5. The lowest BCUT2D eigenvalue weighted by Crippen LogP contribution is -2.18. The van der Waals surface area contributed by atoms with Gasteiger partial charge in [-0.15, -0.1) is 0 Å². The molecule has 3 N–H and O–H groups in total. The molecule has 0 saturated heterocycles. The first-order chi connectivity index (χ1) is 13.5. The van der Waals surface area contributed by atoms with Gasteiger partial charge >= 0.3 is 0 Å². The summed E-state index contributed by atoms with van der Waals surface area (Å²) in [5.41, 5.74) is 2.73. The second-order valence-electron chi connectivity index (χ2n) is 6.08. The maximum atomic E-state index is 12.6. The Kier molecular flexibility index (Phi) is 5.55. The molecule has 1 aromatic heterocycles. The van der Waals surface area contributed by atoms with Gasteiger partial charge in [-0.25, -0.2) is 0 Å². The zero-order valence-electron chi connectivity index (χ0n) is 15.4. The summed E-state index contributed by atoms with van der Waals surface area (Å²) < 4.78 is 5.05. The van der Waals surface area contributed by atoms with Gasteiger partial charge in [0.2, 0.25) is 0 Å². The van der Waals surface area contributed by atoms with Crippen molar-refractivity contribution in [2.24, 2.45) is 0 Å². The van der Waals surface area contributed by atoms with Gasteiger partial charge in [0.25, 0.3) is 17.7 Å². The Labute approximate surface area is 161 Å². The summed E-state index contributed by atoms with van der Waals surface area (Å²) in [4.78, 5) is 36.3. The van der Waals surface area contributed by atoms with E-state index in [1.807, 2.05) is 6.92 Å². The average molecular weight is 377 g/mol. The number of amides is 3. The summed E-state index contributed by atoms with van der Waals surface area (Å²) in [6.07, 6.45) is 1.41. The maximum absolute atomic E-state index is 12.6. The van der Waals surface area contributed by atoms with Gasteiger partial charge < -0.3 is 20.4 Å². The number of hydrogen-bond donors (Lipinski definition) is 3. The van der Waals surface area contributed by atoms with E-state index < -0.39 is 5.91 Å². The number of benzene rings is 2. The summed E-state index contributed by atoms with van der Waals surface area (Å²) in [6, 6.07) is 14.8. The van der Waals surface area contributed by atoms with Gasteiger partial charge in [0.1, 0.15) is 0 Å². The highest BCUT2D eigenvalue weighted by Crippen LogP contribution is 2.19. The van der Waals surface area contributed by atoms with Gasteiger partial charge in [-0.3, -0.25) is 14.4 Å². The van der Waals surface area contributed by atoms with Crippen LogP contribution in [0.2, 0.25) is 0 Å². The van der Waals surface area contributed by atoms with Gasteiger partial charge in [-0.05, 0) is 61.0 Å². The van der Waals surface area contributed by atoms with Gasteiger partial charge in [-0.1, -0.05) is 6.07 Å². The lowest BCUT2D eigenvalue weighted by molar-refractivity contribution is 0.0961. The predicted molar refractivity (Wildman–Crippen MR) is 106 cm³/mol. The van der Waals surface area contributed by atoms with E-state index in [9.17, 15) is 14.4 Å². The van der Waals surface area contributed by atoms with Crippen molar-refractivity contribution in [2.75, 3.05) is 17.7 Å². The van der Waals surface area contributed by atoms with Crippen LogP contribution in [0.3, 0.4) is 0 Å².